The minimum atomic E-state index is 0.517. The molecular formula is C22H44. The van der Waals surface area contributed by atoms with Gasteiger partial charge in [-0.1, -0.05) is 81.1 Å². The fraction of sp³-hybridized carbons (Fsp3) is 1.00. The van der Waals surface area contributed by atoms with Crippen molar-refractivity contribution < 1.29 is 0 Å². The second-order valence-corrected chi connectivity index (χ2v) is 9.45. The maximum atomic E-state index is 2.58. The lowest BCUT2D eigenvalue weighted by atomic mass is 9.49. The molecule has 1 aliphatic rings. The minimum absolute atomic E-state index is 0.517. The van der Waals surface area contributed by atoms with Gasteiger partial charge < -0.3 is 0 Å². The summed E-state index contributed by atoms with van der Waals surface area (Å²) in [4.78, 5) is 0. The molecule has 0 N–H and O–H groups in total. The maximum Gasteiger partial charge on any atom is -0.0292 e. The van der Waals surface area contributed by atoms with Gasteiger partial charge in [-0.25, -0.2) is 0 Å². The van der Waals surface area contributed by atoms with Crippen LogP contribution in [0, 0.1) is 34.5 Å². The normalized spacial score (nSPS) is 29.7. The molecule has 5 unspecified atom stereocenters. The van der Waals surface area contributed by atoms with Crippen LogP contribution in [0.1, 0.15) is 107 Å². The Bertz CT molecular complexity index is 316. The van der Waals surface area contributed by atoms with Crippen molar-refractivity contribution >= 4 is 0 Å². The molecule has 132 valence electrons. The first-order valence-corrected chi connectivity index (χ1v) is 10.2. The van der Waals surface area contributed by atoms with E-state index in [4.69, 9.17) is 0 Å². The first-order valence-electron chi connectivity index (χ1n) is 10.2. The zero-order valence-electron chi connectivity index (χ0n) is 17.0. The molecule has 1 saturated carbocycles. The van der Waals surface area contributed by atoms with Crippen molar-refractivity contribution in [1.82, 2.24) is 0 Å². The van der Waals surface area contributed by atoms with Gasteiger partial charge in [-0.3, -0.25) is 0 Å². The molecule has 5 atom stereocenters. The zero-order chi connectivity index (χ0) is 17.0. The van der Waals surface area contributed by atoms with Crippen LogP contribution in [-0.2, 0) is 0 Å². The lowest BCUT2D eigenvalue weighted by Crippen LogP contribution is -2.47. The Balaban J connectivity index is 2.72. The van der Waals surface area contributed by atoms with E-state index in [1.165, 1.54) is 51.4 Å². The van der Waals surface area contributed by atoms with Crippen LogP contribution in [0.5, 0.6) is 0 Å². The molecule has 0 nitrogen and oxygen atoms in total. The summed E-state index contributed by atoms with van der Waals surface area (Å²) in [6.07, 6.45) is 11.3. The first kappa shape index (κ1) is 20.0. The molecule has 0 aromatic rings. The van der Waals surface area contributed by atoms with Gasteiger partial charge in [0.1, 0.15) is 0 Å². The molecule has 22 heavy (non-hydrogen) atoms. The van der Waals surface area contributed by atoms with Gasteiger partial charge in [-0.05, 0) is 60.2 Å². The van der Waals surface area contributed by atoms with Crippen LogP contribution in [0.3, 0.4) is 0 Å². The van der Waals surface area contributed by atoms with Crippen LogP contribution in [0.25, 0.3) is 0 Å². The third kappa shape index (κ3) is 4.51. The van der Waals surface area contributed by atoms with Crippen molar-refractivity contribution in [3.63, 3.8) is 0 Å². The molecule has 1 fully saturated rings. The second-order valence-electron chi connectivity index (χ2n) is 9.45. The highest BCUT2D eigenvalue weighted by molar-refractivity contribution is 4.99. The lowest BCUT2D eigenvalue weighted by molar-refractivity contribution is -0.0627. The van der Waals surface area contributed by atoms with Crippen molar-refractivity contribution in [1.29, 1.82) is 0 Å². The average Bonchev–Trinajstić information content (AvgIpc) is 2.47. The molecule has 1 aliphatic carbocycles. The Morgan fingerprint density at radius 3 is 2.14 bits per heavy atom. The van der Waals surface area contributed by atoms with Crippen molar-refractivity contribution in [2.45, 2.75) is 107 Å². The van der Waals surface area contributed by atoms with Gasteiger partial charge in [-0.2, -0.15) is 0 Å². The number of hydrogen-bond acceptors (Lipinski definition) is 0. The third-order valence-electron chi connectivity index (χ3n) is 7.49. The molecule has 0 amide bonds. The van der Waals surface area contributed by atoms with E-state index in [0.717, 1.165) is 23.7 Å². The van der Waals surface area contributed by atoms with Crippen LogP contribution in [0.2, 0.25) is 0 Å². The van der Waals surface area contributed by atoms with E-state index in [2.05, 4.69) is 55.4 Å². The number of hydrogen-bond donors (Lipinski definition) is 0. The monoisotopic (exact) mass is 308 g/mol. The van der Waals surface area contributed by atoms with Crippen LogP contribution in [0.15, 0.2) is 0 Å². The molecule has 0 aromatic heterocycles. The van der Waals surface area contributed by atoms with E-state index in [1.54, 1.807) is 0 Å². The summed E-state index contributed by atoms with van der Waals surface area (Å²) in [6.45, 7) is 19.8. The first-order chi connectivity index (χ1) is 10.2. The van der Waals surface area contributed by atoms with Gasteiger partial charge in [0.05, 0.1) is 0 Å². The van der Waals surface area contributed by atoms with Crippen molar-refractivity contribution in [3.8, 4) is 0 Å². The van der Waals surface area contributed by atoms with Gasteiger partial charge in [0.2, 0.25) is 0 Å². The minimum Gasteiger partial charge on any atom is -0.0654 e. The van der Waals surface area contributed by atoms with Crippen LogP contribution < -0.4 is 0 Å². The average molecular weight is 309 g/mol. The Hall–Kier alpha value is 0. The lowest BCUT2D eigenvalue weighted by Gasteiger charge is -2.56. The maximum absolute atomic E-state index is 2.58. The summed E-state index contributed by atoms with van der Waals surface area (Å²) in [5, 5.41) is 0. The molecule has 0 aliphatic heterocycles. The summed E-state index contributed by atoms with van der Waals surface area (Å²) in [6, 6.07) is 0. The Morgan fingerprint density at radius 1 is 1.09 bits per heavy atom. The van der Waals surface area contributed by atoms with E-state index < -0.39 is 0 Å². The Kier molecular flexibility index (Phi) is 7.47. The van der Waals surface area contributed by atoms with Crippen LogP contribution in [0.4, 0.5) is 0 Å². The van der Waals surface area contributed by atoms with Gasteiger partial charge in [0.15, 0.2) is 0 Å². The van der Waals surface area contributed by atoms with E-state index in [-0.39, 0.29) is 0 Å². The van der Waals surface area contributed by atoms with Gasteiger partial charge >= 0.3 is 0 Å². The highest BCUT2D eigenvalue weighted by atomic mass is 14.5. The van der Waals surface area contributed by atoms with E-state index in [0.29, 0.717) is 10.8 Å². The smallest absolute Gasteiger partial charge is 0.0292 e. The predicted molar refractivity (Wildman–Crippen MR) is 101 cm³/mol. The fourth-order valence-corrected chi connectivity index (χ4v) is 5.35. The fourth-order valence-electron chi connectivity index (χ4n) is 5.35. The Labute approximate surface area is 141 Å². The molecule has 1 rings (SSSR count). The highest BCUT2D eigenvalue weighted by Gasteiger charge is 2.49. The van der Waals surface area contributed by atoms with Crippen molar-refractivity contribution in [3.05, 3.63) is 0 Å². The van der Waals surface area contributed by atoms with Crippen molar-refractivity contribution in [2.75, 3.05) is 0 Å². The number of rotatable bonds is 10. The molecule has 0 heteroatoms. The standard InChI is InChI=1S/C22H44/c1-9-12-14-22(8)15-13-20(22)21(6,7)16-19(11-3)18(5)17(4)10-2/h17-20H,9-16H2,1-8H3. The van der Waals surface area contributed by atoms with Gasteiger partial charge in [0.25, 0.3) is 0 Å². The topological polar surface area (TPSA) is 0 Å². The summed E-state index contributed by atoms with van der Waals surface area (Å²) in [5.74, 6) is 3.59. The summed E-state index contributed by atoms with van der Waals surface area (Å²) in [5.41, 5.74) is 1.15. The third-order valence-corrected chi connectivity index (χ3v) is 7.49. The highest BCUT2D eigenvalue weighted by Crippen LogP contribution is 2.59. The van der Waals surface area contributed by atoms with Gasteiger partial charge in [-0.15, -0.1) is 0 Å². The summed E-state index contributed by atoms with van der Waals surface area (Å²) in [7, 11) is 0. The molecule has 0 radical (unpaired) electrons. The molecule has 0 heterocycles. The quantitative estimate of drug-likeness (QED) is 0.387. The largest absolute Gasteiger partial charge is 0.0654 e. The number of unbranched alkanes of at least 4 members (excludes halogenated alkanes) is 1. The zero-order valence-corrected chi connectivity index (χ0v) is 17.0. The molecule has 0 saturated heterocycles. The van der Waals surface area contributed by atoms with E-state index in [9.17, 15) is 0 Å². The van der Waals surface area contributed by atoms with Crippen molar-refractivity contribution in [2.24, 2.45) is 34.5 Å². The molecule has 0 bridgehead atoms. The van der Waals surface area contributed by atoms with E-state index in [1.807, 2.05) is 0 Å². The van der Waals surface area contributed by atoms with Crippen LogP contribution in [-0.4, -0.2) is 0 Å². The van der Waals surface area contributed by atoms with E-state index >= 15 is 0 Å². The predicted octanol–water partition coefficient (Wildman–Crippen LogP) is 7.72. The van der Waals surface area contributed by atoms with Gasteiger partial charge in [0, 0.05) is 0 Å². The molecule has 0 spiro atoms. The Morgan fingerprint density at radius 2 is 1.73 bits per heavy atom. The summed E-state index contributed by atoms with van der Waals surface area (Å²) < 4.78 is 0. The molecule has 0 aromatic carbocycles. The second kappa shape index (κ2) is 8.20. The van der Waals surface area contributed by atoms with Crippen LogP contribution >= 0.6 is 0 Å². The molecular weight excluding hydrogens is 264 g/mol. The summed E-state index contributed by atoms with van der Waals surface area (Å²) >= 11 is 0. The SMILES string of the molecule is CCCCC1(C)CCC1C(C)(C)CC(CC)C(C)C(C)CC.